The molecule has 29 heavy (non-hydrogen) atoms. The van der Waals surface area contributed by atoms with Crippen LogP contribution in [-0.4, -0.2) is 40.5 Å². The quantitative estimate of drug-likeness (QED) is 0.577. The van der Waals surface area contributed by atoms with Crippen molar-refractivity contribution in [1.29, 1.82) is 0 Å². The van der Waals surface area contributed by atoms with Gasteiger partial charge in [0.1, 0.15) is 5.75 Å². The van der Waals surface area contributed by atoms with Gasteiger partial charge in [-0.3, -0.25) is 0 Å². The van der Waals surface area contributed by atoms with Gasteiger partial charge in [-0.05, 0) is 69.0 Å². The Morgan fingerprint density at radius 2 is 1.76 bits per heavy atom. The Hall–Kier alpha value is -1.80. The fraction of sp³-hybridized carbons (Fsp3) is 0.600. The molecule has 5 nitrogen and oxygen atoms in total. The van der Waals surface area contributed by atoms with Gasteiger partial charge in [0.15, 0.2) is 5.82 Å². The molecule has 0 saturated carbocycles. The van der Waals surface area contributed by atoms with Crippen molar-refractivity contribution < 1.29 is 22.4 Å². The van der Waals surface area contributed by atoms with Gasteiger partial charge in [0.25, 0.3) is 5.89 Å². The first-order valence-electron chi connectivity index (χ1n) is 9.80. The molecule has 0 unspecified atom stereocenters. The van der Waals surface area contributed by atoms with Crippen LogP contribution in [0.1, 0.15) is 45.4 Å². The predicted octanol–water partition coefficient (Wildman–Crippen LogP) is 5.50. The van der Waals surface area contributed by atoms with Crippen LogP contribution in [0.3, 0.4) is 0 Å². The Morgan fingerprint density at radius 3 is 2.31 bits per heavy atom. The van der Waals surface area contributed by atoms with Crippen molar-refractivity contribution in [3.05, 3.63) is 30.1 Å². The molecule has 0 atom stereocenters. The first-order valence-corrected chi connectivity index (χ1v) is 9.80. The molecule has 2 heterocycles. The van der Waals surface area contributed by atoms with E-state index in [4.69, 9.17) is 4.52 Å². The lowest BCUT2D eigenvalue weighted by Gasteiger charge is -2.36. The molecule has 9 heteroatoms. The van der Waals surface area contributed by atoms with Crippen molar-refractivity contribution >= 4 is 12.4 Å². The Balaban J connectivity index is 0.00000300. The molecule has 0 radical (unpaired) electrons. The molecule has 1 aromatic carbocycles. The lowest BCUT2D eigenvalue weighted by molar-refractivity contribution is -0.274. The minimum atomic E-state index is -4.71. The monoisotopic (exact) mass is 433 g/mol. The van der Waals surface area contributed by atoms with E-state index in [1.54, 1.807) is 0 Å². The van der Waals surface area contributed by atoms with Gasteiger partial charge >= 0.3 is 6.36 Å². The lowest BCUT2D eigenvalue weighted by atomic mass is 9.92. The second-order valence-electron chi connectivity index (χ2n) is 7.24. The van der Waals surface area contributed by atoms with Gasteiger partial charge < -0.3 is 14.2 Å². The number of halogens is 4. The summed E-state index contributed by atoms with van der Waals surface area (Å²) in [5.41, 5.74) is 0.567. The van der Waals surface area contributed by atoms with Gasteiger partial charge in [-0.15, -0.1) is 25.6 Å². The molecular weight excluding hydrogens is 407 g/mol. The average molecular weight is 434 g/mol. The Kier molecular flexibility index (Phi) is 8.34. The van der Waals surface area contributed by atoms with Crippen LogP contribution in [0.25, 0.3) is 11.5 Å². The third-order valence-corrected chi connectivity index (χ3v) is 5.38. The summed E-state index contributed by atoms with van der Waals surface area (Å²) in [7, 11) is 0. The average Bonchev–Trinajstić information content (AvgIpc) is 3.12. The number of hydrogen-bond acceptors (Lipinski definition) is 5. The van der Waals surface area contributed by atoms with Crippen LogP contribution in [-0.2, 0) is 6.42 Å². The molecule has 1 aromatic heterocycles. The number of likely N-dealkylation sites (tertiary alicyclic amines) is 1. The van der Waals surface area contributed by atoms with E-state index in [2.05, 4.69) is 33.6 Å². The molecule has 1 fully saturated rings. The predicted molar refractivity (Wildman–Crippen MR) is 106 cm³/mol. The second-order valence-corrected chi connectivity index (χ2v) is 7.24. The molecule has 0 aliphatic carbocycles. The maximum atomic E-state index is 12.2. The van der Waals surface area contributed by atoms with Crippen molar-refractivity contribution in [2.24, 2.45) is 5.92 Å². The summed E-state index contributed by atoms with van der Waals surface area (Å²) in [5, 5.41) is 4.04. The van der Waals surface area contributed by atoms with Crippen LogP contribution in [0, 0.1) is 5.92 Å². The summed E-state index contributed by atoms with van der Waals surface area (Å²) in [4.78, 5) is 6.98. The number of ether oxygens (including phenoxy) is 1. The lowest BCUT2D eigenvalue weighted by Crippen LogP contribution is -2.41. The Bertz CT molecular complexity index is 740. The van der Waals surface area contributed by atoms with Gasteiger partial charge in [-0.2, -0.15) is 4.98 Å². The van der Waals surface area contributed by atoms with E-state index < -0.39 is 6.36 Å². The van der Waals surface area contributed by atoms with Crippen LogP contribution in [0.2, 0.25) is 0 Å². The number of rotatable bonds is 7. The molecule has 0 spiro atoms. The second kappa shape index (κ2) is 10.3. The maximum Gasteiger partial charge on any atom is 0.573 e. The van der Waals surface area contributed by atoms with Gasteiger partial charge in [-0.25, -0.2) is 0 Å². The number of aromatic nitrogens is 2. The zero-order valence-electron chi connectivity index (χ0n) is 16.6. The van der Waals surface area contributed by atoms with Crippen LogP contribution in [0.5, 0.6) is 5.75 Å². The van der Waals surface area contributed by atoms with Crippen molar-refractivity contribution in [1.82, 2.24) is 15.0 Å². The molecule has 1 aliphatic rings. The molecule has 2 aromatic rings. The molecule has 0 amide bonds. The summed E-state index contributed by atoms with van der Waals surface area (Å²) < 4.78 is 45.9. The van der Waals surface area contributed by atoms with E-state index in [1.807, 2.05) is 0 Å². The third kappa shape index (κ3) is 6.60. The summed E-state index contributed by atoms with van der Waals surface area (Å²) >= 11 is 0. The van der Waals surface area contributed by atoms with E-state index in [0.717, 1.165) is 32.4 Å². The van der Waals surface area contributed by atoms with E-state index in [1.165, 1.54) is 37.1 Å². The number of alkyl halides is 3. The standard InChI is InChI=1S/C20H26F3N3O2.ClH/c1-3-16(4-2)26-11-9-14(10-12-26)13-18-24-19(28-25-18)15-5-7-17(8-6-15)27-20(21,22)23;/h5-8,14,16H,3-4,9-13H2,1-2H3;1H. The molecule has 1 saturated heterocycles. The highest BCUT2D eigenvalue weighted by Gasteiger charge is 2.31. The Morgan fingerprint density at radius 1 is 1.14 bits per heavy atom. The van der Waals surface area contributed by atoms with Crippen molar-refractivity contribution in [3.63, 3.8) is 0 Å². The maximum absolute atomic E-state index is 12.2. The van der Waals surface area contributed by atoms with Gasteiger partial charge in [0.2, 0.25) is 0 Å². The van der Waals surface area contributed by atoms with Crippen molar-refractivity contribution in [3.8, 4) is 17.2 Å². The fourth-order valence-electron chi connectivity index (χ4n) is 3.84. The summed E-state index contributed by atoms with van der Waals surface area (Å²) in [6.07, 6.45) is 0.649. The Labute approximate surface area is 175 Å². The minimum Gasteiger partial charge on any atom is -0.406 e. The van der Waals surface area contributed by atoms with E-state index >= 15 is 0 Å². The van der Waals surface area contributed by atoms with E-state index in [0.29, 0.717) is 29.2 Å². The number of hydrogen-bond donors (Lipinski definition) is 0. The van der Waals surface area contributed by atoms with Gasteiger partial charge in [0, 0.05) is 18.0 Å². The van der Waals surface area contributed by atoms with E-state index in [9.17, 15) is 13.2 Å². The van der Waals surface area contributed by atoms with Crippen molar-refractivity contribution in [2.45, 2.75) is 58.4 Å². The van der Waals surface area contributed by atoms with Gasteiger partial charge in [0.05, 0.1) is 0 Å². The summed E-state index contributed by atoms with van der Waals surface area (Å²) in [6.45, 7) is 6.68. The highest BCUT2D eigenvalue weighted by Crippen LogP contribution is 2.27. The molecule has 162 valence electrons. The molecule has 1 aliphatic heterocycles. The molecule has 0 N–H and O–H groups in total. The zero-order valence-corrected chi connectivity index (χ0v) is 17.4. The van der Waals surface area contributed by atoms with Crippen LogP contribution >= 0.6 is 12.4 Å². The first kappa shape index (κ1) is 23.5. The van der Waals surface area contributed by atoms with Gasteiger partial charge in [-0.1, -0.05) is 19.0 Å². The molecular formula is C20H27ClF3N3O2. The summed E-state index contributed by atoms with van der Waals surface area (Å²) in [5.74, 6) is 1.20. The van der Waals surface area contributed by atoms with Crippen molar-refractivity contribution in [2.75, 3.05) is 13.1 Å². The topological polar surface area (TPSA) is 51.4 Å². The summed E-state index contributed by atoms with van der Waals surface area (Å²) in [6, 6.07) is 6.10. The first-order chi connectivity index (χ1) is 13.4. The normalized spacial score (nSPS) is 16.1. The SMILES string of the molecule is CCC(CC)N1CCC(Cc2noc(-c3ccc(OC(F)(F)F)cc3)n2)CC1.Cl. The third-order valence-electron chi connectivity index (χ3n) is 5.38. The number of nitrogens with zero attached hydrogens (tertiary/aromatic N) is 3. The fourth-order valence-corrected chi connectivity index (χ4v) is 3.84. The number of piperidine rings is 1. The molecule has 0 bridgehead atoms. The van der Waals surface area contributed by atoms with Crippen LogP contribution in [0.15, 0.2) is 28.8 Å². The van der Waals surface area contributed by atoms with Crippen LogP contribution < -0.4 is 4.74 Å². The number of benzene rings is 1. The molecule has 3 rings (SSSR count). The highest BCUT2D eigenvalue weighted by atomic mass is 35.5. The zero-order chi connectivity index (χ0) is 20.1. The largest absolute Gasteiger partial charge is 0.573 e. The van der Waals surface area contributed by atoms with Crippen LogP contribution in [0.4, 0.5) is 13.2 Å². The van der Waals surface area contributed by atoms with E-state index in [-0.39, 0.29) is 18.2 Å². The minimum absolute atomic E-state index is 0. The highest BCUT2D eigenvalue weighted by molar-refractivity contribution is 5.85. The smallest absolute Gasteiger partial charge is 0.406 e.